The van der Waals surface area contributed by atoms with E-state index in [2.05, 4.69) is 10.0 Å². The molecular weight excluding hydrogens is 440 g/mol. The number of carbonyl (C=O) groups is 1. The van der Waals surface area contributed by atoms with Crippen molar-refractivity contribution in [3.05, 3.63) is 89.9 Å². The summed E-state index contributed by atoms with van der Waals surface area (Å²) in [5.41, 5.74) is 1.70. The minimum atomic E-state index is -3.67. The number of methoxy groups -OCH3 is 1. The van der Waals surface area contributed by atoms with Crippen LogP contribution in [-0.2, 0) is 21.4 Å². The number of sulfonamides is 1. The Kier molecular flexibility index (Phi) is 8.08. The van der Waals surface area contributed by atoms with Crippen LogP contribution in [0.3, 0.4) is 0 Å². The fraction of sp³-hybridized carbons (Fsp3) is 0.240. The lowest BCUT2D eigenvalue weighted by Crippen LogP contribution is -2.30. The molecule has 1 amide bonds. The van der Waals surface area contributed by atoms with Gasteiger partial charge in [-0.3, -0.25) is 4.79 Å². The molecule has 0 spiro atoms. The van der Waals surface area contributed by atoms with E-state index in [1.807, 2.05) is 38.1 Å². The molecule has 174 valence electrons. The molecule has 0 fully saturated rings. The molecule has 8 heteroatoms. The third kappa shape index (κ3) is 6.81. The van der Waals surface area contributed by atoms with Crippen LogP contribution in [0.5, 0.6) is 5.75 Å². The molecule has 33 heavy (non-hydrogen) atoms. The topological polar surface area (TPSA) is 97.6 Å². The summed E-state index contributed by atoms with van der Waals surface area (Å²) in [6.07, 6.45) is 4.58. The zero-order valence-electron chi connectivity index (χ0n) is 18.8. The van der Waals surface area contributed by atoms with Crippen LogP contribution in [0.4, 0.5) is 0 Å². The Morgan fingerprint density at radius 1 is 1.06 bits per heavy atom. The van der Waals surface area contributed by atoms with Gasteiger partial charge in [-0.15, -0.1) is 0 Å². The summed E-state index contributed by atoms with van der Waals surface area (Å²) >= 11 is 0. The van der Waals surface area contributed by atoms with E-state index >= 15 is 0 Å². The normalized spacial score (nSPS) is 12.7. The van der Waals surface area contributed by atoms with Gasteiger partial charge < -0.3 is 14.5 Å². The molecule has 2 aromatic carbocycles. The quantitative estimate of drug-likeness (QED) is 0.433. The SMILES string of the molecule is COc1ccc(C(NC(=O)/C=C/c2ccc(S(=O)(=O)NCc3ccco3)cc2)C(C)C)cc1. The van der Waals surface area contributed by atoms with Crippen LogP contribution in [-0.4, -0.2) is 21.4 Å². The van der Waals surface area contributed by atoms with Crippen LogP contribution >= 0.6 is 0 Å². The van der Waals surface area contributed by atoms with Gasteiger partial charge in [0.15, 0.2) is 0 Å². The predicted octanol–water partition coefficient (Wildman–Crippen LogP) is 4.29. The number of hydrogen-bond acceptors (Lipinski definition) is 5. The van der Waals surface area contributed by atoms with E-state index in [4.69, 9.17) is 9.15 Å². The molecule has 1 heterocycles. The zero-order chi connectivity index (χ0) is 23.8. The van der Waals surface area contributed by atoms with Crippen molar-refractivity contribution in [2.24, 2.45) is 5.92 Å². The molecule has 3 rings (SSSR count). The van der Waals surface area contributed by atoms with Crippen LogP contribution < -0.4 is 14.8 Å². The van der Waals surface area contributed by atoms with Crippen molar-refractivity contribution in [3.8, 4) is 5.75 Å². The Labute approximate surface area is 194 Å². The monoisotopic (exact) mass is 468 g/mol. The van der Waals surface area contributed by atoms with Crippen LogP contribution in [0, 0.1) is 5.92 Å². The molecule has 0 saturated carbocycles. The van der Waals surface area contributed by atoms with E-state index in [9.17, 15) is 13.2 Å². The number of hydrogen-bond donors (Lipinski definition) is 2. The van der Waals surface area contributed by atoms with Gasteiger partial charge in [-0.05, 0) is 59.5 Å². The summed E-state index contributed by atoms with van der Waals surface area (Å²) in [4.78, 5) is 12.6. The Bertz CT molecular complexity index is 1170. The average molecular weight is 469 g/mol. The lowest BCUT2D eigenvalue weighted by Gasteiger charge is -2.22. The average Bonchev–Trinajstić information content (AvgIpc) is 3.34. The fourth-order valence-corrected chi connectivity index (χ4v) is 4.23. The maximum absolute atomic E-state index is 12.5. The molecule has 1 atom stereocenters. The van der Waals surface area contributed by atoms with Gasteiger partial charge >= 0.3 is 0 Å². The Morgan fingerprint density at radius 3 is 2.33 bits per heavy atom. The molecule has 0 saturated heterocycles. The summed E-state index contributed by atoms with van der Waals surface area (Å²) in [5, 5.41) is 3.02. The third-order valence-corrected chi connectivity index (χ3v) is 6.49. The summed E-state index contributed by atoms with van der Waals surface area (Å²) in [6, 6.07) is 17.1. The number of nitrogens with one attached hydrogen (secondary N) is 2. The molecule has 3 aromatic rings. The van der Waals surface area contributed by atoms with Crippen molar-refractivity contribution in [1.29, 1.82) is 0 Å². The first-order valence-electron chi connectivity index (χ1n) is 10.5. The second-order valence-corrected chi connectivity index (χ2v) is 9.58. The Morgan fingerprint density at radius 2 is 1.76 bits per heavy atom. The van der Waals surface area contributed by atoms with E-state index in [0.29, 0.717) is 11.3 Å². The number of ether oxygens (including phenoxy) is 1. The van der Waals surface area contributed by atoms with Crippen molar-refractivity contribution in [3.63, 3.8) is 0 Å². The number of furan rings is 1. The summed E-state index contributed by atoms with van der Waals surface area (Å²) in [7, 11) is -2.06. The van der Waals surface area contributed by atoms with Crippen molar-refractivity contribution < 1.29 is 22.4 Å². The molecule has 1 unspecified atom stereocenters. The molecule has 0 aliphatic heterocycles. The van der Waals surface area contributed by atoms with Gasteiger partial charge in [0.2, 0.25) is 15.9 Å². The number of carbonyl (C=O) groups excluding carboxylic acids is 1. The molecular formula is C25H28N2O5S. The van der Waals surface area contributed by atoms with Crippen molar-refractivity contribution in [2.45, 2.75) is 31.3 Å². The van der Waals surface area contributed by atoms with Crippen LogP contribution in [0.25, 0.3) is 6.08 Å². The number of benzene rings is 2. The van der Waals surface area contributed by atoms with Gasteiger partial charge in [-0.1, -0.05) is 38.1 Å². The van der Waals surface area contributed by atoms with E-state index in [0.717, 1.165) is 11.3 Å². The molecule has 2 N–H and O–H groups in total. The fourth-order valence-electron chi connectivity index (χ4n) is 3.24. The highest BCUT2D eigenvalue weighted by atomic mass is 32.2. The molecule has 0 aliphatic carbocycles. The van der Waals surface area contributed by atoms with Gasteiger partial charge in [0.1, 0.15) is 11.5 Å². The largest absolute Gasteiger partial charge is 0.497 e. The maximum Gasteiger partial charge on any atom is 0.244 e. The van der Waals surface area contributed by atoms with E-state index < -0.39 is 10.0 Å². The minimum Gasteiger partial charge on any atom is -0.497 e. The second-order valence-electron chi connectivity index (χ2n) is 7.81. The lowest BCUT2D eigenvalue weighted by molar-refractivity contribution is -0.117. The van der Waals surface area contributed by atoms with Crippen LogP contribution in [0.1, 0.15) is 36.8 Å². The van der Waals surface area contributed by atoms with Gasteiger partial charge in [0.05, 0.1) is 30.9 Å². The summed E-state index contributed by atoms with van der Waals surface area (Å²) in [5.74, 6) is 1.24. The number of rotatable bonds is 10. The van der Waals surface area contributed by atoms with Gasteiger partial charge in [0.25, 0.3) is 0 Å². The second kappa shape index (κ2) is 11.0. The van der Waals surface area contributed by atoms with E-state index in [-0.39, 0.29) is 29.3 Å². The van der Waals surface area contributed by atoms with Crippen molar-refractivity contribution >= 4 is 22.0 Å². The highest BCUT2D eigenvalue weighted by molar-refractivity contribution is 7.89. The first kappa shape index (κ1) is 24.3. The highest BCUT2D eigenvalue weighted by Crippen LogP contribution is 2.24. The van der Waals surface area contributed by atoms with Gasteiger partial charge in [0, 0.05) is 6.08 Å². The first-order chi connectivity index (χ1) is 15.8. The third-order valence-electron chi connectivity index (χ3n) is 5.07. The molecule has 0 radical (unpaired) electrons. The summed E-state index contributed by atoms with van der Waals surface area (Å²) < 4.78 is 37.7. The van der Waals surface area contributed by atoms with Crippen LogP contribution in [0.2, 0.25) is 0 Å². The van der Waals surface area contributed by atoms with E-state index in [1.54, 1.807) is 37.5 Å². The highest BCUT2D eigenvalue weighted by Gasteiger charge is 2.17. The van der Waals surface area contributed by atoms with E-state index in [1.165, 1.54) is 24.5 Å². The maximum atomic E-state index is 12.5. The minimum absolute atomic E-state index is 0.0718. The van der Waals surface area contributed by atoms with Crippen molar-refractivity contribution in [1.82, 2.24) is 10.0 Å². The Balaban J connectivity index is 1.61. The standard InChI is InChI=1S/C25H28N2O5S/c1-18(2)25(20-9-11-21(31-3)12-10-20)27-24(28)15-8-19-6-13-23(14-7-19)33(29,30)26-17-22-5-4-16-32-22/h4-16,18,25-26H,17H2,1-3H3,(H,27,28)/b15-8+. The zero-order valence-corrected chi connectivity index (χ0v) is 19.6. The predicted molar refractivity (Wildman–Crippen MR) is 127 cm³/mol. The lowest BCUT2D eigenvalue weighted by atomic mass is 9.96. The van der Waals surface area contributed by atoms with Crippen molar-refractivity contribution in [2.75, 3.05) is 7.11 Å². The van der Waals surface area contributed by atoms with Gasteiger partial charge in [-0.2, -0.15) is 0 Å². The Hall–Kier alpha value is -3.36. The smallest absolute Gasteiger partial charge is 0.244 e. The first-order valence-corrected chi connectivity index (χ1v) is 12.0. The molecule has 1 aromatic heterocycles. The molecule has 0 bridgehead atoms. The molecule has 0 aliphatic rings. The van der Waals surface area contributed by atoms with Gasteiger partial charge in [-0.25, -0.2) is 13.1 Å². The summed E-state index contributed by atoms with van der Waals surface area (Å²) in [6.45, 7) is 4.15. The number of amides is 1. The van der Waals surface area contributed by atoms with Crippen LogP contribution in [0.15, 0.2) is 82.3 Å². The molecule has 7 nitrogen and oxygen atoms in total.